The van der Waals surface area contributed by atoms with E-state index in [9.17, 15) is 14.7 Å². The predicted molar refractivity (Wildman–Crippen MR) is 70.8 cm³/mol. The van der Waals surface area contributed by atoms with Crippen LogP contribution in [0.4, 0.5) is 0 Å². The lowest BCUT2D eigenvalue weighted by molar-refractivity contribution is -0.118. The minimum absolute atomic E-state index is 0.0140. The maximum atomic E-state index is 11.4. The van der Waals surface area contributed by atoms with Gasteiger partial charge in [-0.3, -0.25) is 9.59 Å². The third kappa shape index (κ3) is 8.94. The molecule has 0 spiro atoms. The van der Waals surface area contributed by atoms with E-state index in [1.54, 1.807) is 6.08 Å². The Morgan fingerprint density at radius 3 is 2.65 bits per heavy atom. The van der Waals surface area contributed by atoms with Gasteiger partial charge in [-0.2, -0.15) is 0 Å². The van der Waals surface area contributed by atoms with Gasteiger partial charge in [-0.15, -0.1) is 0 Å². The maximum Gasteiger partial charge on any atom is 0.216 e. The van der Waals surface area contributed by atoms with E-state index in [1.807, 2.05) is 13.8 Å². The van der Waals surface area contributed by atoms with Gasteiger partial charge in [0.25, 0.3) is 0 Å². The number of thioether (sulfide) groups is 1. The van der Waals surface area contributed by atoms with E-state index in [-0.39, 0.29) is 16.9 Å². The van der Waals surface area contributed by atoms with E-state index in [1.165, 1.54) is 13.0 Å². The lowest BCUT2D eigenvalue weighted by Crippen LogP contribution is -2.22. The molecular formula is C12H21NO3S. The molecule has 0 aromatic carbocycles. The van der Waals surface area contributed by atoms with Crippen molar-refractivity contribution in [2.75, 3.05) is 12.3 Å². The second-order valence-corrected chi connectivity index (χ2v) is 4.94. The molecule has 0 aliphatic rings. The van der Waals surface area contributed by atoms with Gasteiger partial charge in [0.1, 0.15) is 0 Å². The third-order valence-corrected chi connectivity index (χ3v) is 3.11. The average molecular weight is 259 g/mol. The Hall–Kier alpha value is -0.810. The summed E-state index contributed by atoms with van der Waals surface area (Å²) in [4.78, 5) is 21.9. The highest BCUT2D eigenvalue weighted by Gasteiger charge is 2.08. The van der Waals surface area contributed by atoms with Gasteiger partial charge >= 0.3 is 0 Å². The Morgan fingerprint density at radius 2 is 2.12 bits per heavy atom. The molecule has 0 bridgehead atoms. The van der Waals surface area contributed by atoms with Crippen molar-refractivity contribution in [1.29, 1.82) is 0 Å². The molecule has 0 aliphatic heterocycles. The molecular weight excluding hydrogens is 238 g/mol. The quantitative estimate of drug-likeness (QED) is 0.535. The molecule has 1 amide bonds. The van der Waals surface area contributed by atoms with Crippen LogP contribution in [0.25, 0.3) is 0 Å². The van der Waals surface area contributed by atoms with E-state index >= 15 is 0 Å². The lowest BCUT2D eigenvalue weighted by Gasteiger charge is -2.12. The monoisotopic (exact) mass is 259 g/mol. The number of hydrogen-bond donors (Lipinski definition) is 2. The number of carbonyl (C=O) groups is 2. The number of carbonyl (C=O) groups excluding carboxylic acids is 2. The summed E-state index contributed by atoms with van der Waals surface area (Å²) in [6.07, 6.45) is 3.49. The number of hydrogen-bond acceptors (Lipinski definition) is 4. The van der Waals surface area contributed by atoms with Crippen molar-refractivity contribution in [3.8, 4) is 0 Å². The van der Waals surface area contributed by atoms with Crippen molar-refractivity contribution < 1.29 is 14.7 Å². The number of rotatable bonds is 7. The number of nitrogens with one attached hydrogen (secondary N) is 1. The standard InChI is InChI=1S/C12H21NO3S/c1-4-11(15)9(2)5-6-12(16)17-8-7-13-10(3)14/h5-6,9,11,15H,4,7-8H2,1-3H3,(H,13,14)/b6-5+/t9-,11-/m1/s1. The molecule has 2 atom stereocenters. The zero-order chi connectivity index (χ0) is 13.3. The SMILES string of the molecule is CC[C@@H](O)[C@H](C)/C=C/C(=O)SCCNC(C)=O. The molecule has 0 aromatic rings. The fourth-order valence-electron chi connectivity index (χ4n) is 1.16. The Bertz CT molecular complexity index is 279. The first-order valence-electron chi connectivity index (χ1n) is 5.74. The summed E-state index contributed by atoms with van der Waals surface area (Å²) in [6, 6.07) is 0. The summed E-state index contributed by atoms with van der Waals surface area (Å²) in [5, 5.41) is 12.1. The number of aliphatic hydroxyl groups is 1. The molecule has 0 aliphatic carbocycles. The first kappa shape index (κ1) is 16.2. The van der Waals surface area contributed by atoms with Gasteiger partial charge < -0.3 is 10.4 Å². The molecule has 0 heterocycles. The molecule has 5 heteroatoms. The van der Waals surface area contributed by atoms with Crippen LogP contribution in [0.5, 0.6) is 0 Å². The van der Waals surface area contributed by atoms with E-state index < -0.39 is 6.10 Å². The van der Waals surface area contributed by atoms with E-state index in [0.29, 0.717) is 18.7 Å². The topological polar surface area (TPSA) is 66.4 Å². The molecule has 0 aromatic heterocycles. The molecule has 0 unspecified atom stereocenters. The summed E-state index contributed by atoms with van der Waals surface area (Å²) in [7, 11) is 0. The predicted octanol–water partition coefficient (Wildman–Crippen LogP) is 1.35. The van der Waals surface area contributed by atoms with Crippen molar-refractivity contribution in [2.24, 2.45) is 5.92 Å². The molecule has 0 fully saturated rings. The van der Waals surface area contributed by atoms with Crippen molar-refractivity contribution in [3.05, 3.63) is 12.2 Å². The molecule has 17 heavy (non-hydrogen) atoms. The van der Waals surface area contributed by atoms with E-state index in [0.717, 1.165) is 11.8 Å². The van der Waals surface area contributed by atoms with Gasteiger partial charge in [0.05, 0.1) is 6.10 Å². The van der Waals surface area contributed by atoms with Gasteiger partial charge in [0.2, 0.25) is 11.0 Å². The van der Waals surface area contributed by atoms with E-state index in [2.05, 4.69) is 5.32 Å². The third-order valence-electron chi connectivity index (χ3n) is 2.28. The number of aliphatic hydroxyl groups excluding tert-OH is 1. The second-order valence-electron chi connectivity index (χ2n) is 3.84. The summed E-state index contributed by atoms with van der Waals surface area (Å²) in [5.74, 6) is 0.459. The smallest absolute Gasteiger partial charge is 0.216 e. The van der Waals surface area contributed by atoms with Crippen molar-refractivity contribution in [1.82, 2.24) is 5.32 Å². The first-order valence-corrected chi connectivity index (χ1v) is 6.73. The number of amides is 1. The van der Waals surface area contributed by atoms with Crippen molar-refractivity contribution >= 4 is 22.8 Å². The maximum absolute atomic E-state index is 11.4. The second kappa shape index (κ2) is 9.24. The molecule has 0 saturated heterocycles. The molecule has 2 N–H and O–H groups in total. The molecule has 0 saturated carbocycles. The summed E-state index contributed by atoms with van der Waals surface area (Å²) in [6.45, 7) is 5.71. The molecule has 4 nitrogen and oxygen atoms in total. The minimum Gasteiger partial charge on any atom is -0.393 e. The normalized spacial score (nSPS) is 14.6. The molecule has 0 radical (unpaired) electrons. The Balaban J connectivity index is 3.78. The van der Waals surface area contributed by atoms with Gasteiger partial charge in [0, 0.05) is 25.1 Å². The Morgan fingerprint density at radius 1 is 1.47 bits per heavy atom. The first-order chi connectivity index (χ1) is 7.97. The summed E-state index contributed by atoms with van der Waals surface area (Å²) >= 11 is 1.16. The van der Waals surface area contributed by atoms with Crippen LogP contribution in [-0.2, 0) is 9.59 Å². The highest BCUT2D eigenvalue weighted by Crippen LogP contribution is 2.10. The molecule has 98 valence electrons. The zero-order valence-electron chi connectivity index (χ0n) is 10.6. The van der Waals surface area contributed by atoms with Crippen LogP contribution >= 0.6 is 11.8 Å². The summed E-state index contributed by atoms with van der Waals surface area (Å²) < 4.78 is 0. The van der Waals surface area contributed by atoms with E-state index in [4.69, 9.17) is 0 Å². The van der Waals surface area contributed by atoms with Gasteiger partial charge in [-0.05, 0) is 12.5 Å². The fourth-order valence-corrected chi connectivity index (χ4v) is 1.74. The summed E-state index contributed by atoms with van der Waals surface area (Å²) in [5.41, 5.74) is 0. The van der Waals surface area contributed by atoms with Crippen LogP contribution in [0.15, 0.2) is 12.2 Å². The largest absolute Gasteiger partial charge is 0.393 e. The van der Waals surface area contributed by atoms with Gasteiger partial charge in [-0.25, -0.2) is 0 Å². The van der Waals surface area contributed by atoms with Gasteiger partial charge in [0.15, 0.2) is 0 Å². The van der Waals surface area contributed by atoms with Crippen molar-refractivity contribution in [3.63, 3.8) is 0 Å². The lowest BCUT2D eigenvalue weighted by atomic mass is 10.0. The Labute approximate surface area is 107 Å². The van der Waals surface area contributed by atoms with Crippen LogP contribution in [0.2, 0.25) is 0 Å². The van der Waals surface area contributed by atoms with Gasteiger partial charge in [-0.1, -0.05) is 31.7 Å². The highest BCUT2D eigenvalue weighted by molar-refractivity contribution is 8.14. The van der Waals surface area contributed by atoms with Crippen molar-refractivity contribution in [2.45, 2.75) is 33.3 Å². The van der Waals surface area contributed by atoms with Crippen LogP contribution in [0.3, 0.4) is 0 Å². The zero-order valence-corrected chi connectivity index (χ0v) is 11.4. The average Bonchev–Trinajstić information content (AvgIpc) is 2.30. The van der Waals surface area contributed by atoms with Crippen LogP contribution in [-0.4, -0.2) is 34.5 Å². The Kier molecular flexibility index (Phi) is 8.80. The van der Waals surface area contributed by atoms with Crippen LogP contribution in [0.1, 0.15) is 27.2 Å². The van der Waals surface area contributed by atoms with Crippen LogP contribution < -0.4 is 5.32 Å². The molecule has 0 rings (SSSR count). The highest BCUT2D eigenvalue weighted by atomic mass is 32.2. The fraction of sp³-hybridized carbons (Fsp3) is 0.667. The minimum atomic E-state index is -0.400. The van der Waals surface area contributed by atoms with Crippen LogP contribution in [0, 0.1) is 5.92 Å².